The number of benzene rings is 2. The molecular formula is C19H16F2N2O4. The normalized spacial score (nSPS) is 10.7. The van der Waals surface area contributed by atoms with E-state index in [0.29, 0.717) is 22.5 Å². The number of anilines is 2. The zero-order chi connectivity index (χ0) is 19.7. The molecule has 0 aliphatic rings. The molecule has 3 aromatic rings. The van der Waals surface area contributed by atoms with E-state index in [9.17, 15) is 18.4 Å². The Morgan fingerprint density at radius 1 is 1.04 bits per heavy atom. The molecule has 0 aliphatic heterocycles. The summed E-state index contributed by atoms with van der Waals surface area (Å²) in [4.78, 5) is 24.1. The smallest absolute Gasteiger partial charge is 0.259 e. The Bertz CT molecular complexity index is 1060. The van der Waals surface area contributed by atoms with Gasteiger partial charge >= 0.3 is 0 Å². The van der Waals surface area contributed by atoms with E-state index in [0.717, 1.165) is 12.1 Å². The number of methoxy groups -OCH3 is 1. The van der Waals surface area contributed by atoms with Gasteiger partial charge in [-0.05, 0) is 25.1 Å². The van der Waals surface area contributed by atoms with Gasteiger partial charge in [-0.1, -0.05) is 0 Å². The van der Waals surface area contributed by atoms with Crippen LogP contribution >= 0.6 is 0 Å². The van der Waals surface area contributed by atoms with Gasteiger partial charge in [-0.25, -0.2) is 8.78 Å². The highest BCUT2D eigenvalue weighted by Crippen LogP contribution is 2.31. The average Bonchev–Trinajstić information content (AvgIpc) is 2.93. The molecule has 1 aromatic heterocycles. The second kappa shape index (κ2) is 7.06. The van der Waals surface area contributed by atoms with Gasteiger partial charge in [-0.15, -0.1) is 0 Å². The molecule has 0 saturated heterocycles. The summed E-state index contributed by atoms with van der Waals surface area (Å²) in [5.74, 6) is -2.52. The largest absolute Gasteiger partial charge is 0.497 e. The van der Waals surface area contributed by atoms with E-state index in [-0.39, 0.29) is 16.9 Å². The summed E-state index contributed by atoms with van der Waals surface area (Å²) in [6.07, 6.45) is 0. The molecule has 0 fully saturated rings. The Hall–Kier alpha value is -3.42. The highest BCUT2D eigenvalue weighted by molar-refractivity contribution is 6.14. The molecule has 3 rings (SSSR count). The van der Waals surface area contributed by atoms with Crippen LogP contribution in [0.2, 0.25) is 0 Å². The standard InChI is InChI=1S/C19H16F2N2O4/c1-9-18(12-6-11(26-3)4-5-17(12)27-9)19(25)23-16-8-14(21)13(20)7-15(16)22-10(2)24/h4-8H,1-3H3,(H,22,24)(H,23,25). The van der Waals surface area contributed by atoms with Crippen LogP contribution in [-0.4, -0.2) is 18.9 Å². The van der Waals surface area contributed by atoms with E-state index >= 15 is 0 Å². The Morgan fingerprint density at radius 2 is 1.67 bits per heavy atom. The maximum atomic E-state index is 13.6. The van der Waals surface area contributed by atoms with Crippen LogP contribution < -0.4 is 15.4 Å². The molecule has 1 heterocycles. The van der Waals surface area contributed by atoms with Crippen molar-refractivity contribution in [2.75, 3.05) is 17.7 Å². The summed E-state index contributed by atoms with van der Waals surface area (Å²) in [7, 11) is 1.49. The number of fused-ring (bicyclic) bond motifs is 1. The van der Waals surface area contributed by atoms with Crippen molar-refractivity contribution >= 4 is 34.2 Å². The maximum Gasteiger partial charge on any atom is 0.259 e. The number of carbonyl (C=O) groups excluding carboxylic acids is 2. The second-order valence-corrected chi connectivity index (χ2v) is 5.84. The molecule has 0 radical (unpaired) electrons. The van der Waals surface area contributed by atoms with Gasteiger partial charge in [0, 0.05) is 24.4 Å². The number of hydrogen-bond acceptors (Lipinski definition) is 4. The van der Waals surface area contributed by atoms with Crippen LogP contribution in [-0.2, 0) is 4.79 Å². The lowest BCUT2D eigenvalue weighted by atomic mass is 10.1. The molecule has 0 spiro atoms. The van der Waals surface area contributed by atoms with Crippen LogP contribution in [0.25, 0.3) is 11.0 Å². The summed E-state index contributed by atoms with van der Waals surface area (Å²) in [5.41, 5.74) is 0.566. The van der Waals surface area contributed by atoms with Crippen molar-refractivity contribution in [2.24, 2.45) is 0 Å². The van der Waals surface area contributed by atoms with Crippen LogP contribution in [0.3, 0.4) is 0 Å². The van der Waals surface area contributed by atoms with Crippen molar-refractivity contribution in [3.63, 3.8) is 0 Å². The fourth-order valence-corrected chi connectivity index (χ4v) is 2.74. The maximum absolute atomic E-state index is 13.6. The Balaban J connectivity index is 2.03. The molecule has 0 bridgehead atoms. The molecule has 6 nitrogen and oxygen atoms in total. The zero-order valence-corrected chi connectivity index (χ0v) is 14.8. The van der Waals surface area contributed by atoms with E-state index in [4.69, 9.17) is 9.15 Å². The minimum atomic E-state index is -1.16. The molecule has 2 N–H and O–H groups in total. The van der Waals surface area contributed by atoms with Crippen LogP contribution in [0.5, 0.6) is 5.75 Å². The predicted octanol–water partition coefficient (Wildman–Crippen LogP) is 4.24. The number of halogens is 2. The van der Waals surface area contributed by atoms with Gasteiger partial charge in [0.1, 0.15) is 17.1 Å². The van der Waals surface area contributed by atoms with E-state index in [1.165, 1.54) is 14.0 Å². The van der Waals surface area contributed by atoms with Crippen molar-refractivity contribution < 1.29 is 27.5 Å². The fourth-order valence-electron chi connectivity index (χ4n) is 2.74. The van der Waals surface area contributed by atoms with Crippen molar-refractivity contribution in [3.05, 3.63) is 53.3 Å². The minimum absolute atomic E-state index is 0.0576. The predicted molar refractivity (Wildman–Crippen MR) is 96.1 cm³/mol. The summed E-state index contributed by atoms with van der Waals surface area (Å²) in [6, 6.07) is 6.60. The van der Waals surface area contributed by atoms with Crippen molar-refractivity contribution in [1.82, 2.24) is 0 Å². The quantitative estimate of drug-likeness (QED) is 0.716. The first-order valence-electron chi connectivity index (χ1n) is 7.95. The van der Waals surface area contributed by atoms with Crippen LogP contribution in [0.4, 0.5) is 20.2 Å². The lowest BCUT2D eigenvalue weighted by Gasteiger charge is -2.12. The highest BCUT2D eigenvalue weighted by atomic mass is 19.2. The van der Waals surface area contributed by atoms with Gasteiger partial charge < -0.3 is 19.8 Å². The average molecular weight is 374 g/mol. The third-order valence-electron chi connectivity index (χ3n) is 3.92. The van der Waals surface area contributed by atoms with Gasteiger partial charge in [-0.3, -0.25) is 9.59 Å². The van der Waals surface area contributed by atoms with Crippen molar-refractivity contribution in [2.45, 2.75) is 13.8 Å². The number of aryl methyl sites for hydroxylation is 1. The Labute approximate surface area is 153 Å². The van der Waals surface area contributed by atoms with Gasteiger partial charge in [-0.2, -0.15) is 0 Å². The molecule has 0 saturated carbocycles. The summed E-state index contributed by atoms with van der Waals surface area (Å²) in [6.45, 7) is 2.83. The van der Waals surface area contributed by atoms with Crippen LogP contribution in [0, 0.1) is 18.6 Å². The monoisotopic (exact) mass is 374 g/mol. The van der Waals surface area contributed by atoms with Crippen LogP contribution in [0.15, 0.2) is 34.7 Å². The molecule has 2 aromatic carbocycles. The first kappa shape index (κ1) is 18.4. The Kier molecular flexibility index (Phi) is 4.81. The number of nitrogens with one attached hydrogen (secondary N) is 2. The molecule has 27 heavy (non-hydrogen) atoms. The van der Waals surface area contributed by atoms with Crippen molar-refractivity contribution in [3.8, 4) is 5.75 Å². The summed E-state index contributed by atoms with van der Waals surface area (Å²) < 4.78 is 37.9. The number of rotatable bonds is 4. The van der Waals surface area contributed by atoms with Gasteiger partial charge in [0.15, 0.2) is 11.6 Å². The Morgan fingerprint density at radius 3 is 2.26 bits per heavy atom. The van der Waals surface area contributed by atoms with E-state index < -0.39 is 23.4 Å². The summed E-state index contributed by atoms with van der Waals surface area (Å²) >= 11 is 0. The lowest BCUT2D eigenvalue weighted by Crippen LogP contribution is -2.16. The number of carbonyl (C=O) groups is 2. The molecule has 0 unspecified atom stereocenters. The molecule has 2 amide bonds. The fraction of sp³-hybridized carbons (Fsp3) is 0.158. The number of ether oxygens (including phenoxy) is 1. The lowest BCUT2D eigenvalue weighted by molar-refractivity contribution is -0.114. The third-order valence-corrected chi connectivity index (χ3v) is 3.92. The van der Waals surface area contributed by atoms with Crippen LogP contribution in [0.1, 0.15) is 23.0 Å². The molecular weight excluding hydrogens is 358 g/mol. The molecule has 0 atom stereocenters. The SMILES string of the molecule is COc1ccc2oc(C)c(C(=O)Nc3cc(F)c(F)cc3NC(C)=O)c2c1. The van der Waals surface area contributed by atoms with E-state index in [1.807, 2.05) is 0 Å². The third kappa shape index (κ3) is 3.59. The molecule has 0 aliphatic carbocycles. The number of furan rings is 1. The minimum Gasteiger partial charge on any atom is -0.497 e. The van der Waals surface area contributed by atoms with Gasteiger partial charge in [0.2, 0.25) is 5.91 Å². The zero-order valence-electron chi connectivity index (χ0n) is 14.8. The van der Waals surface area contributed by atoms with E-state index in [2.05, 4.69) is 10.6 Å². The second-order valence-electron chi connectivity index (χ2n) is 5.84. The van der Waals surface area contributed by atoms with Gasteiger partial charge in [0.25, 0.3) is 5.91 Å². The first-order valence-corrected chi connectivity index (χ1v) is 7.95. The topological polar surface area (TPSA) is 80.6 Å². The van der Waals surface area contributed by atoms with Crippen molar-refractivity contribution in [1.29, 1.82) is 0 Å². The first-order chi connectivity index (χ1) is 12.8. The van der Waals surface area contributed by atoms with Gasteiger partial charge in [0.05, 0.1) is 24.0 Å². The number of hydrogen-bond donors (Lipinski definition) is 2. The van der Waals surface area contributed by atoms with E-state index in [1.54, 1.807) is 25.1 Å². The summed E-state index contributed by atoms with van der Waals surface area (Å²) in [5, 5.41) is 5.36. The molecule has 8 heteroatoms. The highest BCUT2D eigenvalue weighted by Gasteiger charge is 2.21. The number of amides is 2. The molecule has 140 valence electrons.